The van der Waals surface area contributed by atoms with Crippen LogP contribution in [0.25, 0.3) is 0 Å². The molecule has 2 heterocycles. The highest BCUT2D eigenvalue weighted by Gasteiger charge is 2.28. The zero-order valence-electron chi connectivity index (χ0n) is 9.53. The van der Waals surface area contributed by atoms with E-state index in [0.717, 1.165) is 24.3 Å². The quantitative estimate of drug-likeness (QED) is 0.809. The van der Waals surface area contributed by atoms with Gasteiger partial charge < -0.3 is 10.1 Å². The Labute approximate surface area is 95.3 Å². The van der Waals surface area contributed by atoms with Crippen LogP contribution >= 0.6 is 0 Å². The Morgan fingerprint density at radius 1 is 1.50 bits per heavy atom. The molecule has 1 aromatic rings. The lowest BCUT2D eigenvalue weighted by Gasteiger charge is -2.14. The summed E-state index contributed by atoms with van der Waals surface area (Å²) in [6.07, 6.45) is 0. The highest BCUT2D eigenvalue weighted by atomic mass is 16.5. The molecule has 0 spiro atoms. The Morgan fingerprint density at radius 3 is 3.00 bits per heavy atom. The second kappa shape index (κ2) is 4.50. The van der Waals surface area contributed by atoms with Crippen molar-refractivity contribution in [2.24, 2.45) is 5.92 Å². The molecule has 0 bridgehead atoms. The SMILES string of the molecule is COc1cc([C@@H]2CNC[C@H]2C#N)cc(C)n1. The summed E-state index contributed by atoms with van der Waals surface area (Å²) in [5, 5.41) is 12.3. The molecule has 0 amide bonds. The summed E-state index contributed by atoms with van der Waals surface area (Å²) in [6.45, 7) is 3.56. The van der Waals surface area contributed by atoms with E-state index in [1.807, 2.05) is 19.1 Å². The van der Waals surface area contributed by atoms with Crippen LogP contribution in [-0.4, -0.2) is 25.2 Å². The Bertz CT molecular complexity index is 425. The maximum Gasteiger partial charge on any atom is 0.213 e. The highest BCUT2D eigenvalue weighted by molar-refractivity contribution is 5.30. The van der Waals surface area contributed by atoms with Crippen LogP contribution in [0.3, 0.4) is 0 Å². The summed E-state index contributed by atoms with van der Waals surface area (Å²) in [5.74, 6) is 0.922. The highest BCUT2D eigenvalue weighted by Crippen LogP contribution is 2.29. The maximum atomic E-state index is 9.06. The summed E-state index contributed by atoms with van der Waals surface area (Å²) in [6, 6.07) is 6.30. The normalized spacial score (nSPS) is 24.1. The molecule has 0 saturated carbocycles. The zero-order valence-corrected chi connectivity index (χ0v) is 9.53. The molecule has 2 rings (SSSR count). The number of aromatic nitrogens is 1. The van der Waals surface area contributed by atoms with E-state index in [4.69, 9.17) is 10.00 Å². The minimum absolute atomic E-state index is 0.0477. The van der Waals surface area contributed by atoms with Crippen molar-refractivity contribution in [3.05, 3.63) is 23.4 Å². The lowest BCUT2D eigenvalue weighted by molar-refractivity contribution is 0.395. The van der Waals surface area contributed by atoms with Gasteiger partial charge in [-0.05, 0) is 18.6 Å². The van der Waals surface area contributed by atoms with Gasteiger partial charge in [-0.2, -0.15) is 5.26 Å². The van der Waals surface area contributed by atoms with Gasteiger partial charge in [-0.15, -0.1) is 0 Å². The molecule has 1 N–H and O–H groups in total. The predicted molar refractivity (Wildman–Crippen MR) is 60.2 cm³/mol. The molecular weight excluding hydrogens is 202 g/mol. The monoisotopic (exact) mass is 217 g/mol. The van der Waals surface area contributed by atoms with Gasteiger partial charge in [0, 0.05) is 30.8 Å². The largest absolute Gasteiger partial charge is 0.481 e. The van der Waals surface area contributed by atoms with Gasteiger partial charge in [-0.1, -0.05) is 0 Å². The number of methoxy groups -OCH3 is 1. The van der Waals surface area contributed by atoms with Gasteiger partial charge in [0.05, 0.1) is 19.1 Å². The van der Waals surface area contributed by atoms with E-state index >= 15 is 0 Å². The molecule has 0 aliphatic carbocycles. The number of ether oxygens (including phenoxy) is 1. The van der Waals surface area contributed by atoms with Crippen molar-refractivity contribution in [1.82, 2.24) is 10.3 Å². The van der Waals surface area contributed by atoms with Crippen LogP contribution in [0.1, 0.15) is 17.2 Å². The third-order valence-electron chi connectivity index (χ3n) is 2.97. The summed E-state index contributed by atoms with van der Waals surface area (Å²) < 4.78 is 5.15. The lowest BCUT2D eigenvalue weighted by Crippen LogP contribution is -2.09. The first-order valence-corrected chi connectivity index (χ1v) is 5.37. The van der Waals surface area contributed by atoms with Crippen molar-refractivity contribution >= 4 is 0 Å². The molecule has 1 aliphatic heterocycles. The molecule has 16 heavy (non-hydrogen) atoms. The van der Waals surface area contributed by atoms with Gasteiger partial charge in [-0.3, -0.25) is 0 Å². The number of nitrogens with zero attached hydrogens (tertiary/aromatic N) is 2. The molecule has 0 unspecified atom stereocenters. The van der Waals surface area contributed by atoms with E-state index < -0.39 is 0 Å². The van der Waals surface area contributed by atoms with E-state index in [-0.39, 0.29) is 11.8 Å². The van der Waals surface area contributed by atoms with E-state index in [1.165, 1.54) is 0 Å². The van der Waals surface area contributed by atoms with Crippen LogP contribution in [-0.2, 0) is 0 Å². The Balaban J connectivity index is 2.33. The zero-order chi connectivity index (χ0) is 11.5. The fourth-order valence-corrected chi connectivity index (χ4v) is 2.15. The lowest BCUT2D eigenvalue weighted by atomic mass is 9.90. The van der Waals surface area contributed by atoms with Crippen molar-refractivity contribution in [2.45, 2.75) is 12.8 Å². The number of pyridine rings is 1. The molecule has 0 radical (unpaired) electrons. The molecule has 4 heteroatoms. The minimum Gasteiger partial charge on any atom is -0.481 e. The number of hydrogen-bond donors (Lipinski definition) is 1. The number of hydrogen-bond acceptors (Lipinski definition) is 4. The Hall–Kier alpha value is -1.60. The fourth-order valence-electron chi connectivity index (χ4n) is 2.15. The van der Waals surface area contributed by atoms with Crippen molar-refractivity contribution < 1.29 is 4.74 Å². The Morgan fingerprint density at radius 2 is 2.31 bits per heavy atom. The second-order valence-corrected chi connectivity index (χ2v) is 4.08. The van der Waals surface area contributed by atoms with Gasteiger partial charge in [-0.25, -0.2) is 4.98 Å². The van der Waals surface area contributed by atoms with Crippen LogP contribution in [0.4, 0.5) is 0 Å². The van der Waals surface area contributed by atoms with Crippen molar-refractivity contribution in [2.75, 3.05) is 20.2 Å². The summed E-state index contributed by atoms with van der Waals surface area (Å²) in [4.78, 5) is 4.25. The van der Waals surface area contributed by atoms with Gasteiger partial charge in [0.2, 0.25) is 5.88 Å². The molecule has 84 valence electrons. The van der Waals surface area contributed by atoms with E-state index in [2.05, 4.69) is 16.4 Å². The summed E-state index contributed by atoms with van der Waals surface area (Å²) >= 11 is 0. The Kier molecular flexibility index (Phi) is 3.07. The average molecular weight is 217 g/mol. The summed E-state index contributed by atoms with van der Waals surface area (Å²) in [7, 11) is 1.61. The summed E-state index contributed by atoms with van der Waals surface area (Å²) in [5.41, 5.74) is 2.07. The third kappa shape index (κ3) is 2.00. The smallest absolute Gasteiger partial charge is 0.213 e. The van der Waals surface area contributed by atoms with Crippen LogP contribution in [0.2, 0.25) is 0 Å². The van der Waals surface area contributed by atoms with Crippen LogP contribution in [0.5, 0.6) is 5.88 Å². The predicted octanol–water partition coefficient (Wildman–Crippen LogP) is 1.23. The van der Waals surface area contributed by atoms with E-state index in [0.29, 0.717) is 5.88 Å². The van der Waals surface area contributed by atoms with Gasteiger partial charge in [0.15, 0.2) is 0 Å². The molecule has 1 saturated heterocycles. The average Bonchev–Trinajstić information content (AvgIpc) is 2.76. The fraction of sp³-hybridized carbons (Fsp3) is 0.500. The van der Waals surface area contributed by atoms with Crippen LogP contribution in [0.15, 0.2) is 12.1 Å². The molecular formula is C12H15N3O. The standard InChI is InChI=1S/C12H15N3O/c1-8-3-9(4-12(15-8)16-2)11-7-14-6-10(11)5-13/h3-4,10-11,14H,6-7H2,1-2H3/t10-,11+/m1/s1. The molecule has 1 aliphatic rings. The number of nitrogens with one attached hydrogen (secondary N) is 1. The first-order valence-electron chi connectivity index (χ1n) is 5.37. The molecule has 0 aromatic carbocycles. The third-order valence-corrected chi connectivity index (χ3v) is 2.97. The van der Waals surface area contributed by atoms with E-state index in [1.54, 1.807) is 7.11 Å². The maximum absolute atomic E-state index is 9.06. The molecule has 1 fully saturated rings. The number of rotatable bonds is 2. The first kappa shape index (κ1) is 10.9. The molecule has 2 atom stereocenters. The second-order valence-electron chi connectivity index (χ2n) is 4.08. The molecule has 1 aromatic heterocycles. The minimum atomic E-state index is 0.0477. The van der Waals surface area contributed by atoms with Crippen molar-refractivity contribution in [1.29, 1.82) is 5.26 Å². The first-order chi connectivity index (χ1) is 7.74. The topological polar surface area (TPSA) is 57.9 Å². The van der Waals surface area contributed by atoms with Crippen LogP contribution in [0, 0.1) is 24.2 Å². The molecule has 4 nitrogen and oxygen atoms in total. The van der Waals surface area contributed by atoms with E-state index in [9.17, 15) is 0 Å². The van der Waals surface area contributed by atoms with Gasteiger partial charge >= 0.3 is 0 Å². The van der Waals surface area contributed by atoms with Gasteiger partial charge in [0.25, 0.3) is 0 Å². The number of aryl methyl sites for hydroxylation is 1. The number of nitriles is 1. The van der Waals surface area contributed by atoms with Crippen molar-refractivity contribution in [3.63, 3.8) is 0 Å². The van der Waals surface area contributed by atoms with Crippen LogP contribution < -0.4 is 10.1 Å². The van der Waals surface area contributed by atoms with Crippen molar-refractivity contribution in [3.8, 4) is 11.9 Å². The van der Waals surface area contributed by atoms with Gasteiger partial charge in [0.1, 0.15) is 0 Å².